The zero-order chi connectivity index (χ0) is 78.4. The van der Waals surface area contributed by atoms with Gasteiger partial charge in [-0.2, -0.15) is 26.3 Å². The van der Waals surface area contributed by atoms with Crippen LogP contribution in [-0.4, -0.2) is 163 Å². The Morgan fingerprint density at radius 1 is 0.394 bits per heavy atom. The molecule has 0 saturated carbocycles. The second kappa shape index (κ2) is 32.7. The lowest BCUT2D eigenvalue weighted by Gasteiger charge is -2.35. The highest BCUT2D eigenvalue weighted by molar-refractivity contribution is 6.45. The minimum absolute atomic E-state index is 0.0480. The molecule has 9 aromatic rings. The molecule has 24 nitrogen and oxygen atoms in total. The minimum Gasteiger partial charge on any atom is -0.497 e. The summed E-state index contributed by atoms with van der Waals surface area (Å²) in [6.45, 7) is 7.14. The van der Waals surface area contributed by atoms with Gasteiger partial charge in [0.25, 0.3) is 23.6 Å². The van der Waals surface area contributed by atoms with Crippen LogP contribution in [0.1, 0.15) is 94.8 Å². The molecule has 2 aliphatic rings. The molecule has 2 aliphatic heterocycles. The van der Waals surface area contributed by atoms with Gasteiger partial charge in [-0.25, -0.2) is 14.4 Å². The number of ether oxygens (including phenoxy) is 14. The van der Waals surface area contributed by atoms with E-state index in [4.69, 9.17) is 66.3 Å². The van der Waals surface area contributed by atoms with E-state index in [1.165, 1.54) is 101 Å². The number of carbonyl (C=O) groups is 8. The van der Waals surface area contributed by atoms with Crippen molar-refractivity contribution in [2.45, 2.75) is 77.8 Å². The van der Waals surface area contributed by atoms with E-state index >= 15 is 45.5 Å². The predicted octanol–water partition coefficient (Wildman–Crippen LogP) is 15.4. The summed E-state index contributed by atoms with van der Waals surface area (Å²) in [6, 6.07) is 22.7. The molecule has 109 heavy (non-hydrogen) atoms. The molecule has 2 heterocycles. The lowest BCUT2D eigenvalue weighted by molar-refractivity contribution is -0.168. The third-order valence-electron chi connectivity index (χ3n) is 18.1. The van der Waals surface area contributed by atoms with Gasteiger partial charge in [0.15, 0.2) is 0 Å². The maximum Gasteiger partial charge on any atom is 0.391 e. The van der Waals surface area contributed by atoms with Crippen LogP contribution in [-0.2, 0) is 47.6 Å². The summed E-state index contributed by atoms with van der Waals surface area (Å²) in [6.07, 6.45) is -14.1. The fraction of sp³-hybridized carbons (Fsp3) is 0.316. The number of nitrogens with zero attached hydrogens (tertiary/aromatic N) is 2. The van der Waals surface area contributed by atoms with Crippen LogP contribution >= 0.6 is 0 Å². The summed E-state index contributed by atoms with van der Waals surface area (Å²) in [5, 5.41) is -1.73. The Labute approximate surface area is 618 Å². The second-order valence-corrected chi connectivity index (χ2v) is 25.5. The van der Waals surface area contributed by atoms with E-state index in [1.54, 1.807) is 52.0 Å². The third-order valence-corrected chi connectivity index (χ3v) is 18.1. The highest BCUT2D eigenvalue weighted by Crippen LogP contribution is 2.59. The molecule has 0 radical (unpaired) electrons. The molecular weight excluding hydrogens is 1440 g/mol. The van der Waals surface area contributed by atoms with Crippen molar-refractivity contribution in [1.29, 1.82) is 0 Å². The number of methoxy groups -OCH3 is 4. The van der Waals surface area contributed by atoms with Crippen molar-refractivity contribution in [3.05, 3.63) is 156 Å². The molecule has 0 aliphatic carbocycles. The van der Waals surface area contributed by atoms with Crippen LogP contribution in [0.4, 0.5) is 26.3 Å². The molecular formula is C79H72F6N2O22. The van der Waals surface area contributed by atoms with E-state index in [9.17, 15) is 19.2 Å². The topological polar surface area (TPSA) is 272 Å². The first-order chi connectivity index (χ1) is 52.0. The summed E-state index contributed by atoms with van der Waals surface area (Å²) in [7, 11) is 5.40. The summed E-state index contributed by atoms with van der Waals surface area (Å²) >= 11 is 0. The van der Waals surface area contributed by atoms with Crippen LogP contribution in [0.25, 0.3) is 43.1 Å². The zero-order valence-electron chi connectivity index (χ0n) is 60.0. The van der Waals surface area contributed by atoms with Crippen molar-refractivity contribution >= 4 is 90.6 Å². The molecule has 572 valence electrons. The second-order valence-electron chi connectivity index (χ2n) is 25.5. The van der Waals surface area contributed by atoms with Gasteiger partial charge in [0.05, 0.1) is 95.4 Å². The van der Waals surface area contributed by atoms with E-state index < -0.39 is 162 Å². The smallest absolute Gasteiger partial charge is 0.391 e. The number of hydrogen-bond donors (Lipinski definition) is 0. The van der Waals surface area contributed by atoms with Crippen LogP contribution in [0.3, 0.4) is 0 Å². The van der Waals surface area contributed by atoms with Gasteiger partial charge in [0.2, 0.25) is 0 Å². The molecule has 2 unspecified atom stereocenters. The number of carbonyl (C=O) groups excluding carboxylic acids is 8. The normalized spacial score (nSPS) is 13.5. The average Bonchev–Trinajstić information content (AvgIpc) is 0.670. The number of amides is 4. The third kappa shape index (κ3) is 16.8. The van der Waals surface area contributed by atoms with Crippen LogP contribution in [0.15, 0.2) is 133 Å². The Kier molecular flexibility index (Phi) is 23.4. The Balaban J connectivity index is 1.20. The molecule has 0 saturated heterocycles. The monoisotopic (exact) mass is 1510 g/mol. The number of hydrogen-bond acceptors (Lipinski definition) is 22. The van der Waals surface area contributed by atoms with Gasteiger partial charge in [-0.3, -0.25) is 33.8 Å². The fourth-order valence-electron chi connectivity index (χ4n) is 12.4. The first kappa shape index (κ1) is 78.2. The maximum atomic E-state index is 15.9. The van der Waals surface area contributed by atoms with Crippen LogP contribution in [0.5, 0.6) is 69.0 Å². The SMILES string of the molecule is C=C(CC)C(=O)OCCOCCOC(=O)C(CC(F)(F)F)N1C(=O)c2cc(Oc3cccc(OC)c3)c3c4c(Oc5cccc(OC)c5)cc5c6c(cc(Oc7cccc(OC)c7)c(c7c(Oc8cccc(OC)c8)cc(c2c37)C1=O)c64)C(=O)N(C(CC(F)(F)F)C(=O)OCCOCCOC(=O)C(C)(C)CC)C5=O. The Morgan fingerprint density at radius 3 is 0.954 bits per heavy atom. The number of rotatable bonds is 34. The van der Waals surface area contributed by atoms with Crippen LogP contribution in [0.2, 0.25) is 0 Å². The number of fused-ring (bicyclic) bond motifs is 2. The minimum atomic E-state index is -5.29. The number of esters is 4. The Hall–Kier alpha value is -11.9. The van der Waals surface area contributed by atoms with Crippen molar-refractivity contribution in [2.24, 2.45) is 5.41 Å². The average molecular weight is 1520 g/mol. The van der Waals surface area contributed by atoms with E-state index in [2.05, 4.69) is 6.58 Å². The standard InChI is InChI=1S/C79H72F6N2O22/c1-10-42(3)73(92)102-28-24-100-25-29-103-74(93)55(40-78(80,81)82)86-69(88)51-36-57(106-47-20-12-16-43(32-47)96-6)63-65-59(108-49-22-14-18-45(34-49)98-8)38-53-62-54(72(91)87(71(53)90)56(41-79(83,84)85)75(94)104-30-26-101-27-31-105-76(95)77(4,5)11-2)39-60(109-50-23-15-19-46(35-50)99-9)66(68(62)65)64-58(37-52(70(86)89)61(51)67(63)64)107-48-21-13-17-44(33-48)97-7/h12-23,32-39,55-56H,3,10-11,24-31,40-41H2,1-2,4-9H3. The molecule has 0 aromatic heterocycles. The van der Waals surface area contributed by atoms with E-state index in [0.29, 0.717) is 12.8 Å². The first-order valence-electron chi connectivity index (χ1n) is 34.1. The summed E-state index contributed by atoms with van der Waals surface area (Å²) in [4.78, 5) is 118. The highest BCUT2D eigenvalue weighted by atomic mass is 19.4. The fourth-order valence-corrected chi connectivity index (χ4v) is 12.4. The van der Waals surface area contributed by atoms with Crippen LogP contribution < -0.4 is 37.9 Å². The molecule has 30 heteroatoms. The molecule has 2 atom stereocenters. The summed E-state index contributed by atoms with van der Waals surface area (Å²) in [5.41, 5.74) is -2.92. The van der Waals surface area contributed by atoms with Crippen molar-refractivity contribution < 1.29 is 131 Å². The van der Waals surface area contributed by atoms with Gasteiger partial charge in [0.1, 0.15) is 108 Å². The summed E-state index contributed by atoms with van der Waals surface area (Å²) in [5.74, 6) is -11.5. The lowest BCUT2D eigenvalue weighted by atomic mass is 9.80. The number of imide groups is 2. The van der Waals surface area contributed by atoms with Crippen molar-refractivity contribution in [2.75, 3.05) is 81.3 Å². The van der Waals surface area contributed by atoms with Gasteiger partial charge >= 0.3 is 36.2 Å². The molecule has 4 amide bonds. The maximum absolute atomic E-state index is 15.9. The molecule has 0 bridgehead atoms. The van der Waals surface area contributed by atoms with Gasteiger partial charge in [-0.05, 0) is 99.5 Å². The van der Waals surface area contributed by atoms with Gasteiger partial charge in [0, 0.05) is 72.9 Å². The quantitative estimate of drug-likeness (QED) is 0.00530. The van der Waals surface area contributed by atoms with E-state index in [-0.39, 0.29) is 131 Å². The number of halogens is 6. The van der Waals surface area contributed by atoms with Gasteiger partial charge < -0.3 is 66.3 Å². The van der Waals surface area contributed by atoms with Crippen LogP contribution in [0, 0.1) is 5.41 Å². The predicted molar refractivity (Wildman–Crippen MR) is 379 cm³/mol. The highest BCUT2D eigenvalue weighted by Gasteiger charge is 2.51. The summed E-state index contributed by atoms with van der Waals surface area (Å²) < 4.78 is 173. The zero-order valence-corrected chi connectivity index (χ0v) is 60.0. The molecule has 0 spiro atoms. The van der Waals surface area contributed by atoms with Gasteiger partial charge in [-0.15, -0.1) is 0 Å². The van der Waals surface area contributed by atoms with E-state index in [0.717, 1.165) is 24.3 Å². The van der Waals surface area contributed by atoms with Crippen molar-refractivity contribution in [1.82, 2.24) is 9.80 Å². The molecule has 11 rings (SSSR count). The Bertz CT molecular complexity index is 4830. The molecule has 0 fully saturated rings. The van der Waals surface area contributed by atoms with Crippen molar-refractivity contribution in [3.63, 3.8) is 0 Å². The molecule has 9 aromatic carbocycles. The lowest BCUT2D eigenvalue weighted by Crippen LogP contribution is -2.52. The largest absolute Gasteiger partial charge is 0.497 e. The van der Waals surface area contributed by atoms with Crippen molar-refractivity contribution in [3.8, 4) is 69.0 Å². The number of alkyl halides is 6. The van der Waals surface area contributed by atoms with Gasteiger partial charge in [-0.1, -0.05) is 44.7 Å². The molecule has 0 N–H and O–H groups in total. The Morgan fingerprint density at radius 2 is 0.679 bits per heavy atom. The first-order valence-corrected chi connectivity index (χ1v) is 34.1. The van der Waals surface area contributed by atoms with E-state index in [1.807, 2.05) is 0 Å². The number of benzene rings is 9.